The summed E-state index contributed by atoms with van der Waals surface area (Å²) < 4.78 is 23.9. The lowest BCUT2D eigenvalue weighted by Crippen LogP contribution is -2.07. The molecule has 1 aromatic heterocycles. The van der Waals surface area contributed by atoms with Gasteiger partial charge in [0.2, 0.25) is 0 Å². The zero-order valence-corrected chi connectivity index (χ0v) is 11.4. The Hall–Kier alpha value is -2.94. The third kappa shape index (κ3) is 2.67. The van der Waals surface area contributed by atoms with Gasteiger partial charge in [0.05, 0.1) is 31.0 Å². The van der Waals surface area contributed by atoms with Crippen molar-refractivity contribution in [1.29, 1.82) is 5.26 Å². The Bertz CT molecular complexity index is 738. The number of carbonyl (C=O) groups is 1. The van der Waals surface area contributed by atoms with Gasteiger partial charge in [-0.2, -0.15) is 5.26 Å². The van der Waals surface area contributed by atoms with Crippen LogP contribution < -0.4 is 4.74 Å². The molecule has 0 amide bonds. The van der Waals surface area contributed by atoms with Crippen molar-refractivity contribution in [3.8, 4) is 23.1 Å². The number of methoxy groups -OCH3 is 2. The van der Waals surface area contributed by atoms with Crippen molar-refractivity contribution in [2.75, 3.05) is 14.2 Å². The first-order valence-electron chi connectivity index (χ1n) is 5.94. The fraction of sp³-hybridized carbons (Fsp3) is 0.133. The molecule has 0 aliphatic rings. The first-order valence-corrected chi connectivity index (χ1v) is 5.94. The molecule has 6 heteroatoms. The molecule has 0 radical (unpaired) electrons. The molecule has 0 spiro atoms. The first-order chi connectivity index (χ1) is 10.1. The van der Waals surface area contributed by atoms with Crippen LogP contribution in [0.25, 0.3) is 11.3 Å². The number of benzene rings is 1. The van der Waals surface area contributed by atoms with Crippen LogP contribution in [-0.2, 0) is 4.74 Å². The summed E-state index contributed by atoms with van der Waals surface area (Å²) in [5.74, 6) is -1.07. The molecule has 0 N–H and O–H groups in total. The topological polar surface area (TPSA) is 72.2 Å². The summed E-state index contributed by atoms with van der Waals surface area (Å²) in [4.78, 5) is 15.8. The highest BCUT2D eigenvalue weighted by Crippen LogP contribution is 2.33. The second-order valence-corrected chi connectivity index (χ2v) is 4.01. The van der Waals surface area contributed by atoms with Crippen molar-refractivity contribution < 1.29 is 18.7 Å². The largest absolute Gasteiger partial charge is 0.496 e. The molecule has 0 saturated heterocycles. The molecular formula is C15H11FN2O3. The molecule has 0 unspecified atom stereocenters. The van der Waals surface area contributed by atoms with E-state index in [1.54, 1.807) is 6.07 Å². The van der Waals surface area contributed by atoms with Crippen molar-refractivity contribution >= 4 is 5.97 Å². The number of hydrogen-bond acceptors (Lipinski definition) is 5. The van der Waals surface area contributed by atoms with Gasteiger partial charge in [0.15, 0.2) is 0 Å². The minimum atomic E-state index is -0.674. The highest BCUT2D eigenvalue weighted by molar-refractivity contribution is 5.97. The summed E-state index contributed by atoms with van der Waals surface area (Å²) in [5, 5.41) is 8.94. The first kappa shape index (κ1) is 14.5. The summed E-state index contributed by atoms with van der Waals surface area (Å²) in [6.45, 7) is 0. The molecule has 0 aliphatic heterocycles. The van der Waals surface area contributed by atoms with Gasteiger partial charge in [-0.15, -0.1) is 0 Å². The maximum atomic E-state index is 14.2. The summed E-state index contributed by atoms with van der Waals surface area (Å²) in [6, 6.07) is 8.83. The number of pyridine rings is 1. The number of nitriles is 1. The Balaban J connectivity index is 2.79. The van der Waals surface area contributed by atoms with Gasteiger partial charge in [-0.05, 0) is 24.3 Å². The Morgan fingerprint density at radius 1 is 1.29 bits per heavy atom. The maximum Gasteiger partial charge on any atom is 0.340 e. The lowest BCUT2D eigenvalue weighted by molar-refractivity contribution is 0.0601. The molecular weight excluding hydrogens is 275 g/mol. The van der Waals surface area contributed by atoms with Crippen LogP contribution in [0.3, 0.4) is 0 Å². The van der Waals surface area contributed by atoms with Crippen molar-refractivity contribution in [3.63, 3.8) is 0 Å². The lowest BCUT2D eigenvalue weighted by Gasteiger charge is -2.12. The van der Waals surface area contributed by atoms with Crippen LogP contribution in [0.15, 0.2) is 30.3 Å². The Morgan fingerprint density at radius 3 is 2.67 bits per heavy atom. The minimum Gasteiger partial charge on any atom is -0.496 e. The van der Waals surface area contributed by atoms with Crippen molar-refractivity contribution in [2.45, 2.75) is 0 Å². The number of halogens is 1. The molecule has 0 bridgehead atoms. The van der Waals surface area contributed by atoms with Crippen molar-refractivity contribution in [3.05, 3.63) is 47.4 Å². The highest BCUT2D eigenvalue weighted by atomic mass is 19.1. The van der Waals surface area contributed by atoms with E-state index in [4.69, 9.17) is 10.00 Å². The predicted octanol–water partition coefficient (Wildman–Crippen LogP) is 2.55. The summed E-state index contributed by atoms with van der Waals surface area (Å²) >= 11 is 0. The van der Waals surface area contributed by atoms with Crippen LogP contribution in [0.5, 0.6) is 5.75 Å². The Kier molecular flexibility index (Phi) is 4.14. The van der Waals surface area contributed by atoms with Crippen LogP contribution >= 0.6 is 0 Å². The fourth-order valence-electron chi connectivity index (χ4n) is 1.89. The number of esters is 1. The average molecular weight is 286 g/mol. The molecule has 0 fully saturated rings. The van der Waals surface area contributed by atoms with Gasteiger partial charge < -0.3 is 9.47 Å². The number of ether oxygens (including phenoxy) is 2. The second kappa shape index (κ2) is 6.01. The van der Waals surface area contributed by atoms with Crippen LogP contribution in [0.4, 0.5) is 4.39 Å². The smallest absolute Gasteiger partial charge is 0.340 e. The average Bonchev–Trinajstić information content (AvgIpc) is 2.53. The normalized spacial score (nSPS) is 9.81. The zero-order chi connectivity index (χ0) is 15.4. The van der Waals surface area contributed by atoms with Crippen molar-refractivity contribution in [2.24, 2.45) is 0 Å². The van der Waals surface area contributed by atoms with Crippen LogP contribution in [0.1, 0.15) is 16.1 Å². The van der Waals surface area contributed by atoms with E-state index >= 15 is 0 Å². The number of nitrogens with zero attached hydrogens (tertiary/aromatic N) is 2. The Labute approximate surface area is 120 Å². The van der Waals surface area contributed by atoms with Gasteiger partial charge >= 0.3 is 5.97 Å². The standard InChI is InChI=1S/C15H11FN2O3/c1-20-12-5-3-4-11(16)13(12)14-10(15(19)21-2)7-6-9(8-17)18-14/h3-7H,1-2H3. The predicted molar refractivity (Wildman–Crippen MR) is 72.2 cm³/mol. The maximum absolute atomic E-state index is 14.2. The van der Waals surface area contributed by atoms with Crippen molar-refractivity contribution in [1.82, 2.24) is 4.98 Å². The molecule has 21 heavy (non-hydrogen) atoms. The van der Waals surface area contributed by atoms with Crippen LogP contribution in [0.2, 0.25) is 0 Å². The molecule has 0 atom stereocenters. The summed E-state index contributed by atoms with van der Waals surface area (Å²) in [6.07, 6.45) is 0. The molecule has 1 heterocycles. The number of aromatic nitrogens is 1. The lowest BCUT2D eigenvalue weighted by atomic mass is 10.0. The van der Waals surface area contributed by atoms with Crippen LogP contribution in [0, 0.1) is 17.1 Å². The third-order valence-corrected chi connectivity index (χ3v) is 2.85. The molecule has 0 aliphatic carbocycles. The molecule has 106 valence electrons. The second-order valence-electron chi connectivity index (χ2n) is 4.01. The SMILES string of the molecule is COC(=O)c1ccc(C#N)nc1-c1c(F)cccc1OC. The zero-order valence-electron chi connectivity index (χ0n) is 11.4. The van der Waals surface area contributed by atoms with E-state index < -0.39 is 11.8 Å². The number of rotatable bonds is 3. The van der Waals surface area contributed by atoms with Gasteiger partial charge in [0.1, 0.15) is 23.3 Å². The fourth-order valence-corrected chi connectivity index (χ4v) is 1.89. The van der Waals surface area contributed by atoms with E-state index in [9.17, 15) is 9.18 Å². The monoisotopic (exact) mass is 286 g/mol. The van der Waals surface area contributed by atoms with E-state index in [0.29, 0.717) is 0 Å². The summed E-state index contributed by atoms with van der Waals surface area (Å²) in [7, 11) is 2.59. The molecule has 5 nitrogen and oxygen atoms in total. The van der Waals surface area contributed by atoms with Gasteiger partial charge in [-0.25, -0.2) is 14.2 Å². The third-order valence-electron chi connectivity index (χ3n) is 2.85. The quantitative estimate of drug-likeness (QED) is 0.811. The number of hydrogen-bond donors (Lipinski definition) is 0. The number of carbonyl (C=O) groups excluding carboxylic acids is 1. The summed E-state index contributed by atoms with van der Waals surface area (Å²) in [5.41, 5.74) is 0.135. The molecule has 2 rings (SSSR count). The van der Waals surface area contributed by atoms with E-state index in [1.165, 1.54) is 38.5 Å². The van der Waals surface area contributed by atoms with Gasteiger partial charge in [-0.1, -0.05) is 6.07 Å². The van der Waals surface area contributed by atoms with E-state index in [2.05, 4.69) is 9.72 Å². The minimum absolute atomic E-state index is 0.0100. The highest BCUT2D eigenvalue weighted by Gasteiger charge is 2.21. The van der Waals surface area contributed by atoms with E-state index in [0.717, 1.165) is 0 Å². The molecule has 1 aromatic carbocycles. The van der Waals surface area contributed by atoms with Gasteiger partial charge in [-0.3, -0.25) is 0 Å². The van der Waals surface area contributed by atoms with Gasteiger partial charge in [0.25, 0.3) is 0 Å². The molecule has 0 saturated carbocycles. The van der Waals surface area contributed by atoms with Gasteiger partial charge in [0, 0.05) is 0 Å². The Morgan fingerprint density at radius 2 is 2.05 bits per heavy atom. The van der Waals surface area contributed by atoms with E-state index in [1.807, 2.05) is 6.07 Å². The van der Waals surface area contributed by atoms with Crippen LogP contribution in [-0.4, -0.2) is 25.2 Å². The molecule has 2 aromatic rings. The van der Waals surface area contributed by atoms with E-state index in [-0.39, 0.29) is 28.3 Å².